The van der Waals surface area contributed by atoms with E-state index in [1.54, 1.807) is 14.2 Å². The van der Waals surface area contributed by atoms with Gasteiger partial charge >= 0.3 is 0 Å². The van der Waals surface area contributed by atoms with E-state index in [1.807, 2.05) is 12.1 Å². The van der Waals surface area contributed by atoms with Gasteiger partial charge in [-0.15, -0.1) is 0 Å². The van der Waals surface area contributed by atoms with E-state index >= 15 is 0 Å². The van der Waals surface area contributed by atoms with Gasteiger partial charge in [0.1, 0.15) is 11.5 Å². The van der Waals surface area contributed by atoms with Gasteiger partial charge in [0.25, 0.3) is 0 Å². The Morgan fingerprint density at radius 2 is 2.16 bits per heavy atom. The molecule has 1 aromatic carbocycles. The van der Waals surface area contributed by atoms with E-state index in [0.717, 1.165) is 47.6 Å². The Hall–Kier alpha value is -0.780. The number of aliphatic hydroxyl groups excluding tert-OH is 1. The molecule has 1 heterocycles. The first-order valence-electron chi connectivity index (χ1n) is 6.41. The van der Waals surface area contributed by atoms with Gasteiger partial charge in [0.15, 0.2) is 0 Å². The van der Waals surface area contributed by atoms with Crippen LogP contribution in [0.15, 0.2) is 16.6 Å². The molecule has 0 radical (unpaired) electrons. The number of rotatable bonds is 5. The molecular weight excluding hydrogens is 310 g/mol. The molecule has 106 valence electrons. The van der Waals surface area contributed by atoms with Gasteiger partial charge in [-0.25, -0.2) is 0 Å². The molecule has 1 aliphatic rings. The fraction of sp³-hybridized carbons (Fsp3) is 0.571. The maximum absolute atomic E-state index is 9.20. The van der Waals surface area contributed by atoms with Crippen molar-refractivity contribution >= 4 is 15.9 Å². The Labute approximate surface area is 122 Å². The van der Waals surface area contributed by atoms with E-state index in [1.165, 1.54) is 0 Å². The summed E-state index contributed by atoms with van der Waals surface area (Å²) < 4.78 is 11.7. The van der Waals surface area contributed by atoms with Crippen LogP contribution >= 0.6 is 15.9 Å². The van der Waals surface area contributed by atoms with Crippen LogP contribution in [0.5, 0.6) is 11.5 Å². The van der Waals surface area contributed by atoms with Crippen LogP contribution < -0.4 is 9.47 Å². The standard InChI is InChI=1S/C14H20BrNO3/c1-18-11-5-13(15)12(14(6-11)19-2)8-16-4-3-10(7-16)9-17/h5-6,10,17H,3-4,7-9H2,1-2H3. The summed E-state index contributed by atoms with van der Waals surface area (Å²) in [7, 11) is 3.32. The van der Waals surface area contributed by atoms with Gasteiger partial charge in [-0.05, 0) is 24.9 Å². The number of hydrogen-bond acceptors (Lipinski definition) is 4. The summed E-state index contributed by atoms with van der Waals surface area (Å²) in [5.41, 5.74) is 1.13. The second-order valence-electron chi connectivity index (χ2n) is 4.86. The van der Waals surface area contributed by atoms with Crippen molar-refractivity contribution < 1.29 is 14.6 Å². The zero-order valence-electron chi connectivity index (χ0n) is 11.4. The number of nitrogens with zero attached hydrogens (tertiary/aromatic N) is 1. The predicted octanol–water partition coefficient (Wildman–Crippen LogP) is 2.28. The van der Waals surface area contributed by atoms with Crippen LogP contribution in [0.4, 0.5) is 0 Å². The first-order valence-corrected chi connectivity index (χ1v) is 7.20. The molecule has 0 bridgehead atoms. The Kier molecular flexibility index (Phi) is 5.07. The highest BCUT2D eigenvalue weighted by atomic mass is 79.9. The molecule has 1 aromatic rings. The summed E-state index contributed by atoms with van der Waals surface area (Å²) >= 11 is 3.58. The molecule has 1 aliphatic heterocycles. The van der Waals surface area contributed by atoms with E-state index in [2.05, 4.69) is 20.8 Å². The molecule has 1 saturated heterocycles. The Balaban J connectivity index is 2.15. The van der Waals surface area contributed by atoms with E-state index in [0.29, 0.717) is 5.92 Å². The molecule has 5 heteroatoms. The largest absolute Gasteiger partial charge is 0.497 e. The van der Waals surface area contributed by atoms with Crippen molar-refractivity contribution in [2.75, 3.05) is 33.9 Å². The fourth-order valence-electron chi connectivity index (χ4n) is 2.47. The molecule has 19 heavy (non-hydrogen) atoms. The number of aliphatic hydroxyl groups is 1. The lowest BCUT2D eigenvalue weighted by Crippen LogP contribution is -2.21. The monoisotopic (exact) mass is 329 g/mol. The third-order valence-electron chi connectivity index (χ3n) is 3.59. The number of ether oxygens (including phenoxy) is 2. The van der Waals surface area contributed by atoms with E-state index in [-0.39, 0.29) is 6.61 Å². The molecule has 0 aliphatic carbocycles. The average molecular weight is 330 g/mol. The second-order valence-corrected chi connectivity index (χ2v) is 5.72. The van der Waals surface area contributed by atoms with Crippen LogP contribution in [0.25, 0.3) is 0 Å². The van der Waals surface area contributed by atoms with Crippen LogP contribution in [0.1, 0.15) is 12.0 Å². The average Bonchev–Trinajstić information content (AvgIpc) is 2.88. The molecule has 1 unspecified atom stereocenters. The zero-order chi connectivity index (χ0) is 13.8. The van der Waals surface area contributed by atoms with E-state index in [9.17, 15) is 5.11 Å². The highest BCUT2D eigenvalue weighted by Crippen LogP contribution is 2.34. The number of methoxy groups -OCH3 is 2. The van der Waals surface area contributed by atoms with Gasteiger partial charge in [0.2, 0.25) is 0 Å². The minimum Gasteiger partial charge on any atom is -0.497 e. The third kappa shape index (κ3) is 3.41. The van der Waals surface area contributed by atoms with Gasteiger partial charge in [0.05, 0.1) is 14.2 Å². The maximum Gasteiger partial charge on any atom is 0.128 e. The van der Waals surface area contributed by atoms with Crippen molar-refractivity contribution in [1.29, 1.82) is 0 Å². The van der Waals surface area contributed by atoms with E-state index in [4.69, 9.17) is 9.47 Å². The van der Waals surface area contributed by atoms with Gasteiger partial charge in [-0.3, -0.25) is 4.90 Å². The molecule has 0 aromatic heterocycles. The normalized spacial score (nSPS) is 19.7. The highest BCUT2D eigenvalue weighted by molar-refractivity contribution is 9.10. The molecule has 0 amide bonds. The zero-order valence-corrected chi connectivity index (χ0v) is 12.9. The second kappa shape index (κ2) is 6.59. The van der Waals surface area contributed by atoms with Crippen LogP contribution in [0, 0.1) is 5.92 Å². The Morgan fingerprint density at radius 1 is 1.37 bits per heavy atom. The minimum absolute atomic E-state index is 0.275. The van der Waals surface area contributed by atoms with Crippen LogP contribution in [-0.4, -0.2) is 43.9 Å². The minimum atomic E-state index is 0.275. The van der Waals surface area contributed by atoms with Crippen molar-refractivity contribution in [1.82, 2.24) is 4.90 Å². The summed E-state index contributed by atoms with van der Waals surface area (Å²) in [6, 6.07) is 3.86. The van der Waals surface area contributed by atoms with Crippen molar-refractivity contribution in [3.63, 3.8) is 0 Å². The Bertz CT molecular complexity index is 439. The Morgan fingerprint density at radius 3 is 2.74 bits per heavy atom. The lowest BCUT2D eigenvalue weighted by atomic mass is 10.1. The molecule has 1 N–H and O–H groups in total. The summed E-state index contributed by atoms with van der Waals surface area (Å²) in [5, 5.41) is 9.20. The van der Waals surface area contributed by atoms with Crippen LogP contribution in [0.3, 0.4) is 0 Å². The van der Waals surface area contributed by atoms with Gasteiger partial charge in [-0.2, -0.15) is 0 Å². The lowest BCUT2D eigenvalue weighted by molar-refractivity contribution is 0.219. The molecule has 4 nitrogen and oxygen atoms in total. The van der Waals surface area contributed by atoms with Crippen molar-refractivity contribution in [2.45, 2.75) is 13.0 Å². The lowest BCUT2D eigenvalue weighted by Gasteiger charge is -2.19. The molecular formula is C14H20BrNO3. The van der Waals surface area contributed by atoms with E-state index < -0.39 is 0 Å². The van der Waals surface area contributed by atoms with Gasteiger partial charge in [0, 0.05) is 35.8 Å². The first-order chi connectivity index (χ1) is 9.17. The SMILES string of the molecule is COc1cc(Br)c(CN2CCC(CO)C2)c(OC)c1. The summed E-state index contributed by atoms with van der Waals surface area (Å²) in [6.45, 7) is 3.06. The molecule has 0 spiro atoms. The van der Waals surface area contributed by atoms with Crippen molar-refractivity contribution in [3.8, 4) is 11.5 Å². The van der Waals surface area contributed by atoms with Crippen molar-refractivity contribution in [2.24, 2.45) is 5.92 Å². The predicted molar refractivity (Wildman–Crippen MR) is 77.7 cm³/mol. The summed E-state index contributed by atoms with van der Waals surface area (Å²) in [6.07, 6.45) is 1.06. The van der Waals surface area contributed by atoms with Gasteiger partial charge in [-0.1, -0.05) is 15.9 Å². The molecule has 1 atom stereocenters. The molecule has 1 fully saturated rings. The van der Waals surface area contributed by atoms with Crippen LogP contribution in [0.2, 0.25) is 0 Å². The summed E-state index contributed by atoms with van der Waals surface area (Å²) in [5.74, 6) is 2.02. The number of halogens is 1. The highest BCUT2D eigenvalue weighted by Gasteiger charge is 2.23. The van der Waals surface area contributed by atoms with Crippen molar-refractivity contribution in [3.05, 3.63) is 22.2 Å². The number of hydrogen-bond donors (Lipinski definition) is 1. The first kappa shape index (κ1) is 14.6. The van der Waals surface area contributed by atoms with Gasteiger partial charge < -0.3 is 14.6 Å². The maximum atomic E-state index is 9.20. The smallest absolute Gasteiger partial charge is 0.128 e. The summed E-state index contributed by atoms with van der Waals surface area (Å²) in [4.78, 5) is 2.34. The topological polar surface area (TPSA) is 41.9 Å². The quantitative estimate of drug-likeness (QED) is 0.899. The molecule has 2 rings (SSSR count). The number of likely N-dealkylation sites (tertiary alicyclic amines) is 1. The van der Waals surface area contributed by atoms with Crippen LogP contribution in [-0.2, 0) is 6.54 Å². The molecule has 0 saturated carbocycles. The third-order valence-corrected chi connectivity index (χ3v) is 4.30. The number of benzene rings is 1. The fourth-order valence-corrected chi connectivity index (χ4v) is 3.02.